The van der Waals surface area contributed by atoms with Crippen LogP contribution in [0.3, 0.4) is 0 Å². The smallest absolute Gasteiger partial charge is 0.308 e. The molecule has 1 heterocycles. The summed E-state index contributed by atoms with van der Waals surface area (Å²) >= 11 is 0. The number of hydrogen-bond donors (Lipinski definition) is 2. The maximum Gasteiger partial charge on any atom is 0.323 e. The summed E-state index contributed by atoms with van der Waals surface area (Å²) in [6.45, 7) is 5.95. The summed E-state index contributed by atoms with van der Waals surface area (Å²) in [6, 6.07) is 15.2. The van der Waals surface area contributed by atoms with E-state index in [-0.39, 0.29) is 6.03 Å². The van der Waals surface area contributed by atoms with Crippen molar-refractivity contribution in [2.24, 2.45) is 0 Å². The summed E-state index contributed by atoms with van der Waals surface area (Å²) in [5, 5.41) is 10.1. The zero-order valence-corrected chi connectivity index (χ0v) is 14.0. The number of aryl methyl sites for hydroxylation is 3. The van der Waals surface area contributed by atoms with E-state index in [0.29, 0.717) is 0 Å². The van der Waals surface area contributed by atoms with Gasteiger partial charge in [0, 0.05) is 17.6 Å². The molecule has 5 heteroatoms. The number of carbonyl (C=O) groups excluding carboxylic acids is 1. The third kappa shape index (κ3) is 3.63. The zero-order chi connectivity index (χ0) is 17.1. The second kappa shape index (κ2) is 6.58. The SMILES string of the molecule is Cc1ccc(NC(=O)Nc2ccc(-n3ccc(C)n3)cc2)c(C)c1. The molecule has 0 aliphatic heterocycles. The predicted molar refractivity (Wildman–Crippen MR) is 96.9 cm³/mol. The van der Waals surface area contributed by atoms with Gasteiger partial charge >= 0.3 is 6.03 Å². The van der Waals surface area contributed by atoms with Crippen LogP contribution in [-0.2, 0) is 0 Å². The van der Waals surface area contributed by atoms with Crippen molar-refractivity contribution in [3.8, 4) is 5.69 Å². The summed E-state index contributed by atoms with van der Waals surface area (Å²) in [5.41, 5.74) is 5.65. The minimum atomic E-state index is -0.260. The summed E-state index contributed by atoms with van der Waals surface area (Å²) in [6.07, 6.45) is 1.91. The van der Waals surface area contributed by atoms with Crippen LogP contribution in [0.25, 0.3) is 5.69 Å². The van der Waals surface area contributed by atoms with Gasteiger partial charge in [-0.25, -0.2) is 9.48 Å². The maximum atomic E-state index is 12.1. The predicted octanol–water partition coefficient (Wildman–Crippen LogP) is 4.44. The Bertz CT molecular complexity index is 865. The monoisotopic (exact) mass is 320 g/mol. The highest BCUT2D eigenvalue weighted by Crippen LogP contribution is 2.17. The summed E-state index contributed by atoms with van der Waals surface area (Å²) in [5.74, 6) is 0. The molecule has 0 aliphatic rings. The van der Waals surface area contributed by atoms with Crippen molar-refractivity contribution in [1.82, 2.24) is 9.78 Å². The van der Waals surface area contributed by atoms with Gasteiger partial charge in [-0.05, 0) is 62.7 Å². The van der Waals surface area contributed by atoms with E-state index >= 15 is 0 Å². The van der Waals surface area contributed by atoms with Gasteiger partial charge in [-0.2, -0.15) is 5.10 Å². The van der Waals surface area contributed by atoms with Crippen molar-refractivity contribution in [2.45, 2.75) is 20.8 Å². The molecule has 122 valence electrons. The molecule has 0 saturated heterocycles. The molecule has 0 saturated carbocycles. The highest BCUT2D eigenvalue weighted by Gasteiger charge is 2.06. The van der Waals surface area contributed by atoms with E-state index in [1.54, 1.807) is 4.68 Å². The Morgan fingerprint density at radius 1 is 0.958 bits per heavy atom. The van der Waals surface area contributed by atoms with Gasteiger partial charge in [0.05, 0.1) is 11.4 Å². The fourth-order valence-electron chi connectivity index (χ4n) is 2.49. The lowest BCUT2D eigenvalue weighted by molar-refractivity contribution is 0.262. The molecule has 0 unspecified atom stereocenters. The molecule has 0 spiro atoms. The number of urea groups is 1. The van der Waals surface area contributed by atoms with Crippen molar-refractivity contribution >= 4 is 17.4 Å². The molecule has 0 aliphatic carbocycles. The van der Waals surface area contributed by atoms with Crippen LogP contribution in [-0.4, -0.2) is 15.8 Å². The molecule has 0 radical (unpaired) electrons. The molecule has 2 aromatic carbocycles. The molecule has 3 aromatic rings. The normalized spacial score (nSPS) is 10.5. The number of amides is 2. The summed E-state index contributed by atoms with van der Waals surface area (Å²) in [4.78, 5) is 12.1. The van der Waals surface area contributed by atoms with Crippen LogP contribution in [0.2, 0.25) is 0 Å². The van der Waals surface area contributed by atoms with E-state index in [2.05, 4.69) is 15.7 Å². The maximum absolute atomic E-state index is 12.1. The van der Waals surface area contributed by atoms with Gasteiger partial charge in [-0.3, -0.25) is 0 Å². The molecule has 3 rings (SSSR count). The summed E-state index contributed by atoms with van der Waals surface area (Å²) in [7, 11) is 0. The van der Waals surface area contributed by atoms with E-state index < -0.39 is 0 Å². The molecule has 0 bridgehead atoms. The van der Waals surface area contributed by atoms with Crippen LogP contribution < -0.4 is 10.6 Å². The van der Waals surface area contributed by atoms with Crippen LogP contribution in [0.15, 0.2) is 54.7 Å². The zero-order valence-electron chi connectivity index (χ0n) is 14.0. The average Bonchev–Trinajstić information content (AvgIpc) is 2.97. The summed E-state index contributed by atoms with van der Waals surface area (Å²) < 4.78 is 1.80. The van der Waals surface area contributed by atoms with E-state index in [1.165, 1.54) is 5.56 Å². The lowest BCUT2D eigenvalue weighted by atomic mass is 10.1. The number of anilines is 2. The van der Waals surface area contributed by atoms with Crippen molar-refractivity contribution in [3.63, 3.8) is 0 Å². The van der Waals surface area contributed by atoms with E-state index in [1.807, 2.05) is 75.5 Å². The van der Waals surface area contributed by atoms with Gasteiger partial charge in [0.15, 0.2) is 0 Å². The lowest BCUT2D eigenvalue weighted by Crippen LogP contribution is -2.20. The second-order valence-corrected chi connectivity index (χ2v) is 5.85. The Labute approximate surface area is 141 Å². The molecule has 24 heavy (non-hydrogen) atoms. The quantitative estimate of drug-likeness (QED) is 0.749. The first-order valence-corrected chi connectivity index (χ1v) is 7.79. The first-order chi connectivity index (χ1) is 11.5. The van der Waals surface area contributed by atoms with Crippen molar-refractivity contribution < 1.29 is 4.79 Å². The van der Waals surface area contributed by atoms with Crippen molar-refractivity contribution in [3.05, 3.63) is 71.5 Å². The Morgan fingerprint density at radius 2 is 1.71 bits per heavy atom. The fourth-order valence-corrected chi connectivity index (χ4v) is 2.49. The van der Waals surface area contributed by atoms with Gasteiger partial charge in [0.1, 0.15) is 0 Å². The van der Waals surface area contributed by atoms with Gasteiger partial charge in [0.2, 0.25) is 0 Å². The van der Waals surface area contributed by atoms with Crippen molar-refractivity contribution in [1.29, 1.82) is 0 Å². The van der Waals surface area contributed by atoms with Crippen LogP contribution in [0.4, 0.5) is 16.2 Å². The molecule has 0 atom stereocenters. The van der Waals surface area contributed by atoms with Gasteiger partial charge < -0.3 is 10.6 Å². The van der Waals surface area contributed by atoms with Crippen LogP contribution in [0, 0.1) is 20.8 Å². The highest BCUT2D eigenvalue weighted by atomic mass is 16.2. The Balaban J connectivity index is 1.66. The van der Waals surface area contributed by atoms with Gasteiger partial charge in [0.25, 0.3) is 0 Å². The van der Waals surface area contributed by atoms with E-state index in [0.717, 1.165) is 28.3 Å². The average molecular weight is 320 g/mol. The number of benzene rings is 2. The fraction of sp³-hybridized carbons (Fsp3) is 0.158. The Kier molecular flexibility index (Phi) is 4.33. The molecular weight excluding hydrogens is 300 g/mol. The number of hydrogen-bond acceptors (Lipinski definition) is 2. The first-order valence-electron chi connectivity index (χ1n) is 7.79. The minimum absolute atomic E-state index is 0.260. The minimum Gasteiger partial charge on any atom is -0.308 e. The molecule has 2 amide bonds. The van der Waals surface area contributed by atoms with E-state index in [4.69, 9.17) is 0 Å². The Morgan fingerprint density at radius 3 is 2.33 bits per heavy atom. The number of nitrogens with zero attached hydrogens (tertiary/aromatic N) is 2. The number of nitrogens with one attached hydrogen (secondary N) is 2. The molecule has 2 N–H and O–H groups in total. The molecule has 5 nitrogen and oxygen atoms in total. The highest BCUT2D eigenvalue weighted by molar-refractivity contribution is 6.00. The van der Waals surface area contributed by atoms with Gasteiger partial charge in [-0.1, -0.05) is 17.7 Å². The van der Waals surface area contributed by atoms with Gasteiger partial charge in [-0.15, -0.1) is 0 Å². The Hall–Kier alpha value is -3.08. The lowest BCUT2D eigenvalue weighted by Gasteiger charge is -2.11. The third-order valence-corrected chi connectivity index (χ3v) is 3.74. The standard InChI is InChI=1S/C19H20N4O/c1-13-4-9-18(14(2)12-13)21-19(24)20-16-5-7-17(8-6-16)23-11-10-15(3)22-23/h4-12H,1-3H3,(H2,20,21,24). The first kappa shape index (κ1) is 15.8. The number of aromatic nitrogens is 2. The molecule has 1 aromatic heterocycles. The van der Waals surface area contributed by atoms with Crippen molar-refractivity contribution in [2.75, 3.05) is 10.6 Å². The van der Waals surface area contributed by atoms with Crippen LogP contribution in [0.5, 0.6) is 0 Å². The molecular formula is C19H20N4O. The third-order valence-electron chi connectivity index (χ3n) is 3.74. The number of carbonyl (C=O) groups is 1. The van der Waals surface area contributed by atoms with E-state index in [9.17, 15) is 4.79 Å². The topological polar surface area (TPSA) is 59.0 Å². The number of rotatable bonds is 3. The molecule has 0 fully saturated rings. The van der Waals surface area contributed by atoms with Crippen LogP contribution in [0.1, 0.15) is 16.8 Å². The van der Waals surface area contributed by atoms with Crippen LogP contribution >= 0.6 is 0 Å². The second-order valence-electron chi connectivity index (χ2n) is 5.85. The largest absolute Gasteiger partial charge is 0.323 e.